The fourth-order valence-corrected chi connectivity index (χ4v) is 3.20. The monoisotopic (exact) mass is 279 g/mol. The van der Waals surface area contributed by atoms with Crippen LogP contribution < -0.4 is 11.4 Å². The van der Waals surface area contributed by atoms with E-state index in [9.17, 15) is 4.79 Å². The Morgan fingerprint density at radius 2 is 1.81 bits per heavy atom. The Morgan fingerprint density at radius 1 is 1.05 bits per heavy atom. The highest BCUT2D eigenvalue weighted by atomic mass is 16.1. The highest BCUT2D eigenvalue weighted by Crippen LogP contribution is 2.53. The quantitative estimate of drug-likeness (QED) is 0.689. The summed E-state index contributed by atoms with van der Waals surface area (Å²) in [5.74, 6) is 1.04. The Morgan fingerprint density at radius 3 is 2.62 bits per heavy atom. The zero-order valence-corrected chi connectivity index (χ0v) is 11.5. The van der Waals surface area contributed by atoms with Gasteiger partial charge in [0.05, 0.1) is 11.0 Å². The molecule has 1 saturated carbocycles. The van der Waals surface area contributed by atoms with Crippen LogP contribution in [0.15, 0.2) is 53.3 Å². The van der Waals surface area contributed by atoms with Gasteiger partial charge in [-0.15, -0.1) is 0 Å². The van der Waals surface area contributed by atoms with Gasteiger partial charge in [0.15, 0.2) is 0 Å². The number of hydrogen-bond donors (Lipinski definition) is 3. The zero-order chi connectivity index (χ0) is 14.4. The first-order valence-corrected chi connectivity index (χ1v) is 7.25. The van der Waals surface area contributed by atoms with Gasteiger partial charge in [0.1, 0.15) is 0 Å². The van der Waals surface area contributed by atoms with Gasteiger partial charge in [-0.25, -0.2) is 4.79 Å². The SMILES string of the molecule is NC(c1ccc2[nH]c(=O)[nH]c2c1)C1CC1c1ccccc1. The van der Waals surface area contributed by atoms with Crippen LogP contribution in [0.1, 0.15) is 29.5 Å². The fraction of sp³-hybridized carbons (Fsp3) is 0.235. The summed E-state index contributed by atoms with van der Waals surface area (Å²) >= 11 is 0. The van der Waals surface area contributed by atoms with Crippen LogP contribution in [0.4, 0.5) is 0 Å². The van der Waals surface area contributed by atoms with Gasteiger partial charge in [0, 0.05) is 6.04 Å². The normalized spacial score (nSPS) is 22.3. The molecular formula is C17H17N3O. The second-order valence-electron chi connectivity index (χ2n) is 5.83. The van der Waals surface area contributed by atoms with Crippen LogP contribution in [0.2, 0.25) is 0 Å². The van der Waals surface area contributed by atoms with Crippen molar-refractivity contribution in [3.8, 4) is 0 Å². The summed E-state index contributed by atoms with van der Waals surface area (Å²) in [5.41, 5.74) is 10.4. The Hall–Kier alpha value is -2.33. The fourth-order valence-electron chi connectivity index (χ4n) is 3.20. The van der Waals surface area contributed by atoms with Gasteiger partial charge >= 0.3 is 5.69 Å². The summed E-state index contributed by atoms with van der Waals surface area (Å²) in [6, 6.07) is 16.5. The van der Waals surface area contributed by atoms with E-state index in [1.807, 2.05) is 24.3 Å². The summed E-state index contributed by atoms with van der Waals surface area (Å²) in [7, 11) is 0. The predicted octanol–water partition coefficient (Wildman–Crippen LogP) is 2.66. The van der Waals surface area contributed by atoms with Crippen molar-refractivity contribution in [3.63, 3.8) is 0 Å². The maximum Gasteiger partial charge on any atom is 0.323 e. The molecule has 0 saturated heterocycles. The van der Waals surface area contributed by atoms with E-state index in [2.05, 4.69) is 34.2 Å². The van der Waals surface area contributed by atoms with Gasteiger partial charge in [-0.3, -0.25) is 0 Å². The van der Waals surface area contributed by atoms with Crippen molar-refractivity contribution in [2.75, 3.05) is 0 Å². The minimum absolute atomic E-state index is 0.0120. The lowest BCUT2D eigenvalue weighted by Gasteiger charge is -2.12. The van der Waals surface area contributed by atoms with Gasteiger partial charge < -0.3 is 15.7 Å². The van der Waals surface area contributed by atoms with Gasteiger partial charge in [0.25, 0.3) is 0 Å². The molecule has 4 nitrogen and oxygen atoms in total. The first-order valence-electron chi connectivity index (χ1n) is 7.25. The smallest absolute Gasteiger partial charge is 0.323 e. The van der Waals surface area contributed by atoms with Gasteiger partial charge in [-0.2, -0.15) is 0 Å². The largest absolute Gasteiger partial charge is 0.324 e. The van der Waals surface area contributed by atoms with E-state index in [1.54, 1.807) is 0 Å². The standard InChI is InChI=1S/C17H17N3O/c18-16(13-9-12(13)10-4-2-1-3-5-10)11-6-7-14-15(8-11)20-17(21)19-14/h1-8,12-13,16H,9,18H2,(H2,19,20,21). The number of nitrogens with two attached hydrogens (primary N) is 1. The van der Waals surface area contributed by atoms with Crippen LogP contribution in [0.5, 0.6) is 0 Å². The molecule has 3 aromatic rings. The van der Waals surface area contributed by atoms with E-state index in [0.717, 1.165) is 23.0 Å². The number of H-pyrrole nitrogens is 2. The van der Waals surface area contributed by atoms with Crippen LogP contribution in [0.25, 0.3) is 11.0 Å². The van der Waals surface area contributed by atoms with E-state index in [-0.39, 0.29) is 11.7 Å². The lowest BCUT2D eigenvalue weighted by molar-refractivity contribution is 0.616. The molecule has 3 unspecified atom stereocenters. The summed E-state index contributed by atoms with van der Waals surface area (Å²) in [6.07, 6.45) is 1.13. The van der Waals surface area contributed by atoms with Crippen LogP contribution in [0, 0.1) is 5.92 Å². The summed E-state index contributed by atoms with van der Waals surface area (Å²) in [4.78, 5) is 16.9. The summed E-state index contributed by atoms with van der Waals surface area (Å²) < 4.78 is 0. The lowest BCUT2D eigenvalue weighted by Crippen LogP contribution is -2.13. The van der Waals surface area contributed by atoms with Crippen LogP contribution in [-0.2, 0) is 0 Å². The Bertz CT molecular complexity index is 834. The summed E-state index contributed by atoms with van der Waals surface area (Å²) in [5, 5.41) is 0. The molecule has 0 aliphatic heterocycles. The summed E-state index contributed by atoms with van der Waals surface area (Å²) in [6.45, 7) is 0. The average molecular weight is 279 g/mol. The van der Waals surface area contributed by atoms with Crippen LogP contribution in [-0.4, -0.2) is 9.97 Å². The molecule has 0 amide bonds. The highest BCUT2D eigenvalue weighted by Gasteiger charge is 2.42. The van der Waals surface area contributed by atoms with Crippen molar-refractivity contribution in [3.05, 3.63) is 70.1 Å². The lowest BCUT2D eigenvalue weighted by atomic mass is 9.99. The van der Waals surface area contributed by atoms with E-state index in [4.69, 9.17) is 5.73 Å². The Balaban J connectivity index is 1.59. The number of fused-ring (bicyclic) bond motifs is 1. The van der Waals surface area contributed by atoms with Crippen molar-refractivity contribution in [2.24, 2.45) is 11.7 Å². The highest BCUT2D eigenvalue weighted by molar-refractivity contribution is 5.75. The van der Waals surface area contributed by atoms with E-state index < -0.39 is 0 Å². The maximum atomic E-state index is 11.3. The number of nitrogens with one attached hydrogen (secondary N) is 2. The van der Waals surface area contributed by atoms with E-state index in [1.165, 1.54) is 5.56 Å². The third-order valence-electron chi connectivity index (χ3n) is 4.45. The second-order valence-corrected chi connectivity index (χ2v) is 5.83. The maximum absolute atomic E-state index is 11.3. The van der Waals surface area contributed by atoms with Crippen LogP contribution in [0.3, 0.4) is 0 Å². The van der Waals surface area contributed by atoms with E-state index in [0.29, 0.717) is 11.8 Å². The number of imidazole rings is 1. The molecular weight excluding hydrogens is 262 g/mol. The molecule has 1 fully saturated rings. The van der Waals surface area contributed by atoms with Crippen molar-refractivity contribution in [1.82, 2.24) is 9.97 Å². The molecule has 21 heavy (non-hydrogen) atoms. The first-order chi connectivity index (χ1) is 10.2. The molecule has 4 heteroatoms. The predicted molar refractivity (Wildman–Crippen MR) is 83.1 cm³/mol. The van der Waals surface area contributed by atoms with Gasteiger partial charge in [0.2, 0.25) is 0 Å². The topological polar surface area (TPSA) is 74.7 Å². The molecule has 4 rings (SSSR count). The van der Waals surface area contributed by atoms with Gasteiger partial charge in [-0.05, 0) is 41.5 Å². The number of aromatic nitrogens is 2. The number of aromatic amines is 2. The third-order valence-corrected chi connectivity index (χ3v) is 4.45. The third kappa shape index (κ3) is 2.17. The molecule has 0 bridgehead atoms. The molecule has 0 radical (unpaired) electrons. The van der Waals surface area contributed by atoms with Crippen molar-refractivity contribution >= 4 is 11.0 Å². The van der Waals surface area contributed by atoms with Crippen molar-refractivity contribution in [2.45, 2.75) is 18.4 Å². The van der Waals surface area contributed by atoms with Crippen molar-refractivity contribution < 1.29 is 0 Å². The number of benzene rings is 2. The molecule has 1 heterocycles. The van der Waals surface area contributed by atoms with Crippen molar-refractivity contribution in [1.29, 1.82) is 0 Å². The first kappa shape index (κ1) is 12.4. The zero-order valence-electron chi connectivity index (χ0n) is 11.5. The minimum Gasteiger partial charge on any atom is -0.324 e. The second kappa shape index (κ2) is 4.60. The molecule has 2 aromatic carbocycles. The minimum atomic E-state index is -0.177. The Kier molecular flexibility index (Phi) is 2.72. The molecule has 1 aliphatic rings. The average Bonchev–Trinajstić information content (AvgIpc) is 3.22. The number of hydrogen-bond acceptors (Lipinski definition) is 2. The molecule has 4 N–H and O–H groups in total. The number of rotatable bonds is 3. The molecule has 0 spiro atoms. The van der Waals surface area contributed by atoms with Gasteiger partial charge in [-0.1, -0.05) is 36.4 Å². The molecule has 1 aromatic heterocycles. The molecule has 106 valence electrons. The Labute approximate surface area is 122 Å². The molecule has 3 atom stereocenters. The van der Waals surface area contributed by atoms with Crippen LogP contribution >= 0.6 is 0 Å². The molecule has 1 aliphatic carbocycles. The van der Waals surface area contributed by atoms with E-state index >= 15 is 0 Å².